The number of aryl methyl sites for hydroxylation is 1. The van der Waals surface area contributed by atoms with E-state index >= 15 is 0 Å². The van der Waals surface area contributed by atoms with E-state index in [2.05, 4.69) is 41.8 Å². The van der Waals surface area contributed by atoms with Crippen molar-refractivity contribution in [1.82, 2.24) is 30.0 Å². The highest BCUT2D eigenvalue weighted by atomic mass is 15.2. The zero-order valence-electron chi connectivity index (χ0n) is 16.4. The van der Waals surface area contributed by atoms with E-state index in [9.17, 15) is 0 Å². The molecule has 4 N–H and O–H groups in total. The van der Waals surface area contributed by atoms with Crippen molar-refractivity contribution in [3.05, 3.63) is 24.2 Å². The smallest absolute Gasteiger partial charge is 0.156 e. The van der Waals surface area contributed by atoms with Gasteiger partial charge in [-0.05, 0) is 32.6 Å². The van der Waals surface area contributed by atoms with Crippen molar-refractivity contribution in [3.63, 3.8) is 0 Å². The van der Waals surface area contributed by atoms with Crippen molar-refractivity contribution in [3.8, 4) is 6.07 Å². The molecule has 3 atom stereocenters. The van der Waals surface area contributed by atoms with E-state index in [0.29, 0.717) is 24.5 Å². The number of hydrogen-bond acceptors (Lipinski definition) is 7. The van der Waals surface area contributed by atoms with Crippen LogP contribution in [0.3, 0.4) is 0 Å². The van der Waals surface area contributed by atoms with Gasteiger partial charge < -0.3 is 15.6 Å². The lowest BCUT2D eigenvalue weighted by atomic mass is 9.97. The Morgan fingerprint density at radius 2 is 2.07 bits per heavy atom. The first kappa shape index (κ1) is 17.9. The third-order valence-corrected chi connectivity index (χ3v) is 6.08. The number of aromatic nitrogens is 5. The van der Waals surface area contributed by atoms with E-state index in [0.717, 1.165) is 53.6 Å². The SMILES string of the molecule is Cc1cc(Nc2cc3[nH]cnc3c(NC3CC4CC[C@@H](C3)N4CCC#N)n2)n[nH]1. The molecule has 0 amide bonds. The summed E-state index contributed by atoms with van der Waals surface area (Å²) < 4.78 is 0. The maximum atomic E-state index is 8.93. The van der Waals surface area contributed by atoms with Gasteiger partial charge in [-0.25, -0.2) is 9.97 Å². The summed E-state index contributed by atoms with van der Waals surface area (Å²) in [6.45, 7) is 2.86. The zero-order valence-corrected chi connectivity index (χ0v) is 16.4. The number of nitrogens with zero attached hydrogens (tertiary/aromatic N) is 5. The second-order valence-electron chi connectivity index (χ2n) is 8.06. The molecule has 2 aliphatic heterocycles. The molecule has 0 spiro atoms. The molecule has 5 rings (SSSR count). The number of aromatic amines is 2. The van der Waals surface area contributed by atoms with Crippen LogP contribution in [0.15, 0.2) is 18.5 Å². The average molecular weight is 391 g/mol. The molecule has 9 nitrogen and oxygen atoms in total. The standard InChI is InChI=1S/C20H25N9/c1-12-7-18(28-27-12)25-17-10-16-19(23-11-22-16)20(26-17)24-13-8-14-3-4-15(9-13)29(14)6-2-5-21/h7,10-11,13-15H,2-4,6,8-9H2,1H3,(H,22,23)(H3,24,25,26,27,28)/t13?,14-,15?/m0/s1. The minimum absolute atomic E-state index is 0.362. The third-order valence-electron chi connectivity index (χ3n) is 6.08. The Balaban J connectivity index is 1.35. The van der Waals surface area contributed by atoms with E-state index in [1.54, 1.807) is 6.33 Å². The molecule has 3 aromatic heterocycles. The van der Waals surface area contributed by atoms with Crippen molar-refractivity contribution in [2.75, 3.05) is 17.2 Å². The highest BCUT2D eigenvalue weighted by Crippen LogP contribution is 2.37. The Morgan fingerprint density at radius 3 is 2.79 bits per heavy atom. The lowest BCUT2D eigenvalue weighted by molar-refractivity contribution is 0.136. The molecule has 2 aliphatic rings. The van der Waals surface area contributed by atoms with E-state index in [1.807, 2.05) is 19.1 Å². The van der Waals surface area contributed by atoms with Crippen LogP contribution in [0.2, 0.25) is 0 Å². The maximum Gasteiger partial charge on any atom is 0.156 e. The number of piperidine rings is 1. The summed E-state index contributed by atoms with van der Waals surface area (Å²) in [5.74, 6) is 2.27. The summed E-state index contributed by atoms with van der Waals surface area (Å²) in [6.07, 6.45) is 6.91. The summed E-state index contributed by atoms with van der Waals surface area (Å²) in [7, 11) is 0. The highest BCUT2D eigenvalue weighted by molar-refractivity contribution is 5.88. The van der Waals surface area contributed by atoms with Gasteiger partial charge in [-0.3, -0.25) is 10.00 Å². The summed E-state index contributed by atoms with van der Waals surface area (Å²) >= 11 is 0. The van der Waals surface area contributed by atoms with Crippen LogP contribution in [-0.2, 0) is 0 Å². The van der Waals surface area contributed by atoms with Gasteiger partial charge in [-0.1, -0.05) is 0 Å². The minimum Gasteiger partial charge on any atom is -0.365 e. The molecule has 0 saturated carbocycles. The fraction of sp³-hybridized carbons (Fsp3) is 0.500. The molecule has 9 heteroatoms. The van der Waals surface area contributed by atoms with E-state index in [4.69, 9.17) is 10.2 Å². The fourth-order valence-corrected chi connectivity index (χ4v) is 4.85. The third kappa shape index (κ3) is 3.51. The van der Waals surface area contributed by atoms with Crippen LogP contribution in [-0.4, -0.2) is 54.7 Å². The molecule has 2 saturated heterocycles. The van der Waals surface area contributed by atoms with E-state index in [-0.39, 0.29) is 0 Å². The topological polar surface area (TPSA) is 121 Å². The Kier molecular flexibility index (Phi) is 4.56. The molecule has 5 heterocycles. The van der Waals surface area contributed by atoms with Gasteiger partial charge in [0.15, 0.2) is 11.6 Å². The number of H-pyrrole nitrogens is 2. The van der Waals surface area contributed by atoms with Gasteiger partial charge in [0.2, 0.25) is 0 Å². The van der Waals surface area contributed by atoms with Crippen molar-refractivity contribution in [1.29, 1.82) is 5.26 Å². The molecule has 0 radical (unpaired) electrons. The van der Waals surface area contributed by atoms with Gasteiger partial charge in [-0.15, -0.1) is 0 Å². The predicted octanol–water partition coefficient (Wildman–Crippen LogP) is 3.05. The van der Waals surface area contributed by atoms with Gasteiger partial charge in [0.25, 0.3) is 0 Å². The van der Waals surface area contributed by atoms with Crippen LogP contribution in [0.1, 0.15) is 37.8 Å². The first-order chi connectivity index (χ1) is 14.2. The van der Waals surface area contributed by atoms with Gasteiger partial charge in [0, 0.05) is 48.9 Å². The molecular weight excluding hydrogens is 366 g/mol. The number of hydrogen-bond donors (Lipinski definition) is 4. The first-order valence-corrected chi connectivity index (χ1v) is 10.2. The van der Waals surface area contributed by atoms with Gasteiger partial charge in [0.1, 0.15) is 11.3 Å². The van der Waals surface area contributed by atoms with Crippen molar-refractivity contribution in [2.45, 2.75) is 57.2 Å². The number of nitrogens with one attached hydrogen (secondary N) is 4. The lowest BCUT2D eigenvalue weighted by Gasteiger charge is -2.39. The van der Waals surface area contributed by atoms with Crippen LogP contribution < -0.4 is 10.6 Å². The molecule has 3 aromatic rings. The zero-order chi connectivity index (χ0) is 19.8. The number of anilines is 3. The van der Waals surface area contributed by atoms with Crippen molar-refractivity contribution >= 4 is 28.5 Å². The van der Waals surface area contributed by atoms with E-state index < -0.39 is 0 Å². The Hall–Kier alpha value is -3.12. The molecule has 2 unspecified atom stereocenters. The first-order valence-electron chi connectivity index (χ1n) is 10.2. The normalized spacial score (nSPS) is 23.9. The monoisotopic (exact) mass is 391 g/mol. The van der Waals surface area contributed by atoms with Crippen LogP contribution in [0, 0.1) is 18.3 Å². The molecule has 0 aromatic carbocycles. The van der Waals surface area contributed by atoms with Gasteiger partial charge >= 0.3 is 0 Å². The molecule has 2 bridgehead atoms. The average Bonchev–Trinajstić information content (AvgIpc) is 3.39. The minimum atomic E-state index is 0.362. The number of nitriles is 1. The summed E-state index contributed by atoms with van der Waals surface area (Å²) in [5.41, 5.74) is 2.78. The van der Waals surface area contributed by atoms with E-state index in [1.165, 1.54) is 12.8 Å². The van der Waals surface area contributed by atoms with Crippen LogP contribution >= 0.6 is 0 Å². The van der Waals surface area contributed by atoms with Crippen molar-refractivity contribution in [2.24, 2.45) is 0 Å². The Labute approximate surface area is 168 Å². The van der Waals surface area contributed by atoms with Crippen LogP contribution in [0.25, 0.3) is 11.0 Å². The molecule has 150 valence electrons. The number of imidazole rings is 1. The number of rotatable bonds is 6. The largest absolute Gasteiger partial charge is 0.365 e. The molecule has 2 fully saturated rings. The van der Waals surface area contributed by atoms with Crippen LogP contribution in [0.5, 0.6) is 0 Å². The Morgan fingerprint density at radius 1 is 1.24 bits per heavy atom. The number of fused-ring (bicyclic) bond motifs is 3. The summed E-state index contributed by atoms with van der Waals surface area (Å²) in [5, 5.41) is 23.0. The Bertz CT molecular complexity index is 1030. The molecule has 0 aliphatic carbocycles. The fourth-order valence-electron chi connectivity index (χ4n) is 4.85. The molecule has 29 heavy (non-hydrogen) atoms. The maximum absolute atomic E-state index is 8.93. The van der Waals surface area contributed by atoms with Gasteiger partial charge in [-0.2, -0.15) is 10.4 Å². The number of pyridine rings is 1. The highest BCUT2D eigenvalue weighted by Gasteiger charge is 2.40. The summed E-state index contributed by atoms with van der Waals surface area (Å²) in [6, 6.07) is 7.66. The second-order valence-corrected chi connectivity index (χ2v) is 8.06. The quantitative estimate of drug-likeness (QED) is 0.509. The van der Waals surface area contributed by atoms with Crippen LogP contribution in [0.4, 0.5) is 17.5 Å². The predicted molar refractivity (Wildman–Crippen MR) is 111 cm³/mol. The second kappa shape index (κ2) is 7.37. The van der Waals surface area contributed by atoms with Crippen molar-refractivity contribution < 1.29 is 0 Å². The van der Waals surface area contributed by atoms with Gasteiger partial charge in [0.05, 0.1) is 17.9 Å². The lowest BCUT2D eigenvalue weighted by Crippen LogP contribution is -2.47. The summed E-state index contributed by atoms with van der Waals surface area (Å²) in [4.78, 5) is 15.0. The molecular formula is C20H25N9.